The van der Waals surface area contributed by atoms with Gasteiger partial charge < -0.3 is 10.3 Å². The first-order chi connectivity index (χ1) is 10.3. The summed E-state index contributed by atoms with van der Waals surface area (Å²) in [6, 6.07) is 4.01. The molecule has 4 N–H and O–H groups in total. The molecule has 0 aliphatic heterocycles. The Kier molecular flexibility index (Phi) is 4.57. The standard InChI is InChI=1S/C13H11BrF2N4O2/c1-20(17)13(22)7-5-18-12(21)10(16)11(7)19-9-3-2-6(14)4-8(9)15/h2-5H,17H2,1H3,(H2,18,19,21). The number of H-pyrrole nitrogens is 1. The van der Waals surface area contributed by atoms with Gasteiger partial charge in [-0.15, -0.1) is 0 Å². The second-order valence-corrected chi connectivity index (χ2v) is 5.30. The van der Waals surface area contributed by atoms with E-state index in [4.69, 9.17) is 5.84 Å². The van der Waals surface area contributed by atoms with Crippen LogP contribution < -0.4 is 16.7 Å². The fourth-order valence-corrected chi connectivity index (χ4v) is 2.04. The molecule has 0 saturated heterocycles. The molecule has 0 unspecified atom stereocenters. The highest BCUT2D eigenvalue weighted by molar-refractivity contribution is 9.10. The van der Waals surface area contributed by atoms with Crippen molar-refractivity contribution in [3.63, 3.8) is 0 Å². The number of nitrogens with two attached hydrogens (primary N) is 1. The van der Waals surface area contributed by atoms with E-state index in [9.17, 15) is 18.4 Å². The van der Waals surface area contributed by atoms with Crippen molar-refractivity contribution >= 4 is 33.2 Å². The van der Waals surface area contributed by atoms with Crippen LogP contribution in [0.15, 0.2) is 33.7 Å². The van der Waals surface area contributed by atoms with E-state index in [0.29, 0.717) is 4.47 Å². The number of aromatic amines is 1. The van der Waals surface area contributed by atoms with Gasteiger partial charge in [0.05, 0.1) is 16.9 Å². The molecule has 0 atom stereocenters. The summed E-state index contributed by atoms with van der Waals surface area (Å²) in [5.74, 6) is 2.65. The average Bonchev–Trinajstić information content (AvgIpc) is 2.45. The highest BCUT2D eigenvalue weighted by Gasteiger charge is 2.21. The molecule has 6 nitrogen and oxygen atoms in total. The Bertz CT molecular complexity index is 792. The van der Waals surface area contributed by atoms with Crippen LogP contribution in [0.4, 0.5) is 20.2 Å². The largest absolute Gasteiger partial charge is 0.350 e. The summed E-state index contributed by atoms with van der Waals surface area (Å²) in [4.78, 5) is 25.4. The Balaban J connectivity index is 2.55. The van der Waals surface area contributed by atoms with Crippen LogP contribution in [-0.2, 0) is 0 Å². The maximum Gasteiger partial charge on any atom is 0.286 e. The third kappa shape index (κ3) is 3.15. The van der Waals surface area contributed by atoms with Crippen LogP contribution >= 0.6 is 15.9 Å². The first-order valence-corrected chi connectivity index (χ1v) is 6.76. The van der Waals surface area contributed by atoms with Crippen LogP contribution in [0.5, 0.6) is 0 Å². The van der Waals surface area contributed by atoms with Gasteiger partial charge in [0.15, 0.2) is 0 Å². The topological polar surface area (TPSA) is 91.2 Å². The maximum absolute atomic E-state index is 14.0. The zero-order chi connectivity index (χ0) is 16.4. The molecule has 0 saturated carbocycles. The molecule has 1 aromatic heterocycles. The number of hydrogen-bond donors (Lipinski definition) is 3. The fourth-order valence-electron chi connectivity index (χ4n) is 1.71. The summed E-state index contributed by atoms with van der Waals surface area (Å²) in [7, 11) is 1.26. The number of pyridine rings is 1. The summed E-state index contributed by atoms with van der Waals surface area (Å²) < 4.78 is 28.4. The lowest BCUT2D eigenvalue weighted by Gasteiger charge is -2.15. The molecular formula is C13H11BrF2N4O2. The van der Waals surface area contributed by atoms with Crippen LogP contribution in [0.2, 0.25) is 0 Å². The van der Waals surface area contributed by atoms with E-state index < -0.39 is 28.8 Å². The van der Waals surface area contributed by atoms with Crippen molar-refractivity contribution in [1.29, 1.82) is 0 Å². The molecule has 0 bridgehead atoms. The first kappa shape index (κ1) is 16.1. The quantitative estimate of drug-likeness (QED) is 0.437. The Labute approximate surface area is 132 Å². The molecule has 22 heavy (non-hydrogen) atoms. The smallest absolute Gasteiger partial charge is 0.286 e. The van der Waals surface area contributed by atoms with Crippen molar-refractivity contribution in [2.75, 3.05) is 12.4 Å². The fraction of sp³-hybridized carbons (Fsp3) is 0.0769. The minimum Gasteiger partial charge on any atom is -0.350 e. The number of nitrogens with one attached hydrogen (secondary N) is 2. The lowest BCUT2D eigenvalue weighted by Crippen LogP contribution is -2.34. The molecule has 0 aliphatic carbocycles. The maximum atomic E-state index is 14.0. The molecule has 2 aromatic rings. The summed E-state index contributed by atoms with van der Waals surface area (Å²) in [5.41, 5.74) is -1.82. The lowest BCUT2D eigenvalue weighted by molar-refractivity contribution is 0.0795. The predicted molar refractivity (Wildman–Crippen MR) is 80.7 cm³/mol. The van der Waals surface area contributed by atoms with Crippen LogP contribution in [0.3, 0.4) is 0 Å². The van der Waals surface area contributed by atoms with Crippen molar-refractivity contribution in [1.82, 2.24) is 9.99 Å². The SMILES string of the molecule is CN(N)C(=O)c1c[nH]c(=O)c(F)c1Nc1ccc(Br)cc1F. The van der Waals surface area contributed by atoms with Gasteiger partial charge in [-0.25, -0.2) is 10.2 Å². The van der Waals surface area contributed by atoms with Gasteiger partial charge in [-0.05, 0) is 18.2 Å². The van der Waals surface area contributed by atoms with Gasteiger partial charge in [0.1, 0.15) is 5.82 Å². The Morgan fingerprint density at radius 1 is 1.41 bits per heavy atom. The molecule has 1 aromatic carbocycles. The average molecular weight is 373 g/mol. The van der Waals surface area contributed by atoms with Crippen LogP contribution in [0.1, 0.15) is 10.4 Å². The highest BCUT2D eigenvalue weighted by atomic mass is 79.9. The Hall–Kier alpha value is -2.26. The van der Waals surface area contributed by atoms with Gasteiger partial charge >= 0.3 is 0 Å². The third-order valence-corrected chi connectivity index (χ3v) is 3.27. The number of carbonyl (C=O) groups excluding carboxylic acids is 1. The van der Waals surface area contributed by atoms with Gasteiger partial charge in [0.25, 0.3) is 11.5 Å². The molecule has 116 valence electrons. The van der Waals surface area contributed by atoms with Gasteiger partial charge in [0.2, 0.25) is 5.82 Å². The van der Waals surface area contributed by atoms with Crippen LogP contribution in [0, 0.1) is 11.6 Å². The molecule has 0 fully saturated rings. The number of hydrogen-bond acceptors (Lipinski definition) is 4. The molecule has 0 radical (unpaired) electrons. The van der Waals surface area contributed by atoms with E-state index in [-0.39, 0.29) is 11.3 Å². The van der Waals surface area contributed by atoms with E-state index in [1.165, 1.54) is 19.2 Å². The summed E-state index contributed by atoms with van der Waals surface area (Å²) >= 11 is 3.09. The number of hydrazine groups is 1. The number of rotatable bonds is 3. The molecule has 1 heterocycles. The van der Waals surface area contributed by atoms with Crippen LogP contribution in [-0.4, -0.2) is 22.9 Å². The van der Waals surface area contributed by atoms with E-state index in [1.54, 1.807) is 0 Å². The van der Waals surface area contributed by atoms with Crippen molar-refractivity contribution < 1.29 is 13.6 Å². The summed E-state index contributed by atoms with van der Waals surface area (Å²) in [5, 5.41) is 3.14. The Morgan fingerprint density at radius 3 is 2.68 bits per heavy atom. The van der Waals surface area contributed by atoms with Crippen molar-refractivity contribution in [3.8, 4) is 0 Å². The van der Waals surface area contributed by atoms with Crippen molar-refractivity contribution in [2.24, 2.45) is 5.84 Å². The van der Waals surface area contributed by atoms with Crippen molar-refractivity contribution in [3.05, 3.63) is 56.4 Å². The molecule has 2 rings (SSSR count). The summed E-state index contributed by atoms with van der Waals surface area (Å²) in [6.07, 6.45) is 1.01. The molecule has 1 amide bonds. The normalized spacial score (nSPS) is 10.4. The zero-order valence-corrected chi connectivity index (χ0v) is 12.9. The predicted octanol–water partition coefficient (Wildman–Crippen LogP) is 2.10. The third-order valence-electron chi connectivity index (χ3n) is 2.78. The van der Waals surface area contributed by atoms with Crippen molar-refractivity contribution in [2.45, 2.75) is 0 Å². The van der Waals surface area contributed by atoms with E-state index >= 15 is 0 Å². The minimum atomic E-state index is -1.24. The van der Waals surface area contributed by atoms with Gasteiger partial charge in [-0.3, -0.25) is 14.6 Å². The first-order valence-electron chi connectivity index (χ1n) is 5.97. The summed E-state index contributed by atoms with van der Waals surface area (Å²) in [6.45, 7) is 0. The second kappa shape index (κ2) is 6.24. The number of amides is 1. The van der Waals surface area contributed by atoms with E-state index in [2.05, 4.69) is 26.2 Å². The van der Waals surface area contributed by atoms with Gasteiger partial charge in [-0.2, -0.15) is 4.39 Å². The number of aromatic nitrogens is 1. The lowest BCUT2D eigenvalue weighted by atomic mass is 10.2. The number of carbonyl (C=O) groups is 1. The number of benzene rings is 1. The van der Waals surface area contributed by atoms with Gasteiger partial charge in [-0.1, -0.05) is 15.9 Å². The van der Waals surface area contributed by atoms with E-state index in [0.717, 1.165) is 17.3 Å². The highest BCUT2D eigenvalue weighted by Crippen LogP contribution is 2.26. The molecule has 9 heteroatoms. The molecule has 0 aliphatic rings. The van der Waals surface area contributed by atoms with E-state index in [1.807, 2.05) is 0 Å². The molecular weight excluding hydrogens is 362 g/mol. The Morgan fingerprint density at radius 2 is 2.09 bits per heavy atom. The zero-order valence-electron chi connectivity index (χ0n) is 11.3. The van der Waals surface area contributed by atoms with Gasteiger partial charge in [0, 0.05) is 17.7 Å². The molecule has 0 spiro atoms. The number of nitrogens with zero attached hydrogens (tertiary/aromatic N) is 1. The van der Waals surface area contributed by atoms with Crippen LogP contribution in [0.25, 0.3) is 0 Å². The number of halogens is 3. The second-order valence-electron chi connectivity index (χ2n) is 4.39. The minimum absolute atomic E-state index is 0.0959. The number of anilines is 2. The monoisotopic (exact) mass is 372 g/mol.